The maximum absolute atomic E-state index is 13.4. The third-order valence-electron chi connectivity index (χ3n) is 2.70. The van der Waals surface area contributed by atoms with Gasteiger partial charge < -0.3 is 14.8 Å². The number of furan rings is 1. The lowest BCUT2D eigenvalue weighted by atomic mass is 10.1. The minimum atomic E-state index is -0.859. The average Bonchev–Trinajstić information content (AvgIpc) is 2.75. The molecule has 1 aromatic carbocycles. The molecule has 1 aromatic heterocycles. The van der Waals surface area contributed by atoms with Crippen LogP contribution in [0.25, 0.3) is 0 Å². The van der Waals surface area contributed by atoms with Crippen molar-refractivity contribution in [3.63, 3.8) is 0 Å². The molecule has 18 heavy (non-hydrogen) atoms. The number of nitrogens with one attached hydrogen (secondary N) is 1. The predicted octanol–water partition coefficient (Wildman–Crippen LogP) is 2.55. The molecule has 0 saturated heterocycles. The molecular formula is C14H16FNO2. The molecular weight excluding hydrogens is 233 g/mol. The van der Waals surface area contributed by atoms with Gasteiger partial charge in [-0.25, -0.2) is 4.39 Å². The van der Waals surface area contributed by atoms with Crippen LogP contribution in [-0.4, -0.2) is 11.7 Å². The number of halogens is 1. The molecule has 0 aliphatic carbocycles. The number of benzene rings is 1. The van der Waals surface area contributed by atoms with E-state index < -0.39 is 6.10 Å². The van der Waals surface area contributed by atoms with Crippen LogP contribution in [0.15, 0.2) is 40.8 Å². The summed E-state index contributed by atoms with van der Waals surface area (Å²) >= 11 is 0. The van der Waals surface area contributed by atoms with Crippen molar-refractivity contribution in [2.75, 3.05) is 6.54 Å². The predicted molar refractivity (Wildman–Crippen MR) is 66.5 cm³/mol. The highest BCUT2D eigenvalue weighted by molar-refractivity contribution is 5.20. The summed E-state index contributed by atoms with van der Waals surface area (Å²) in [7, 11) is 0. The quantitative estimate of drug-likeness (QED) is 0.856. The van der Waals surface area contributed by atoms with Crippen molar-refractivity contribution in [2.24, 2.45) is 0 Å². The van der Waals surface area contributed by atoms with Crippen molar-refractivity contribution in [1.82, 2.24) is 5.32 Å². The van der Waals surface area contributed by atoms with Crippen LogP contribution in [0.4, 0.5) is 4.39 Å². The van der Waals surface area contributed by atoms with E-state index in [-0.39, 0.29) is 12.4 Å². The zero-order valence-corrected chi connectivity index (χ0v) is 10.2. The first-order valence-electron chi connectivity index (χ1n) is 5.85. The van der Waals surface area contributed by atoms with E-state index in [9.17, 15) is 9.50 Å². The van der Waals surface area contributed by atoms with Crippen LogP contribution in [-0.2, 0) is 6.54 Å². The number of rotatable bonds is 5. The van der Waals surface area contributed by atoms with Crippen LogP contribution in [0.2, 0.25) is 0 Å². The van der Waals surface area contributed by atoms with Crippen molar-refractivity contribution in [2.45, 2.75) is 19.6 Å². The van der Waals surface area contributed by atoms with Crippen LogP contribution in [0.3, 0.4) is 0 Å². The van der Waals surface area contributed by atoms with E-state index in [1.807, 2.05) is 19.1 Å². The molecule has 0 radical (unpaired) electrons. The maximum Gasteiger partial charge on any atom is 0.129 e. The molecule has 0 amide bonds. The largest absolute Gasteiger partial charge is 0.465 e. The summed E-state index contributed by atoms with van der Waals surface area (Å²) in [5.41, 5.74) is 0.306. The van der Waals surface area contributed by atoms with Gasteiger partial charge >= 0.3 is 0 Å². The Kier molecular flexibility index (Phi) is 4.12. The van der Waals surface area contributed by atoms with Gasteiger partial charge in [-0.3, -0.25) is 0 Å². The molecule has 0 aliphatic heterocycles. The van der Waals surface area contributed by atoms with E-state index in [4.69, 9.17) is 4.42 Å². The Bertz CT molecular complexity index is 510. The van der Waals surface area contributed by atoms with Crippen molar-refractivity contribution in [3.05, 3.63) is 59.3 Å². The van der Waals surface area contributed by atoms with Crippen LogP contribution in [0, 0.1) is 12.7 Å². The lowest BCUT2D eigenvalue weighted by Gasteiger charge is -2.12. The highest BCUT2D eigenvalue weighted by Gasteiger charge is 2.11. The summed E-state index contributed by atoms with van der Waals surface area (Å²) in [6.45, 7) is 2.66. The first-order valence-corrected chi connectivity index (χ1v) is 5.85. The molecule has 96 valence electrons. The first kappa shape index (κ1) is 12.8. The van der Waals surface area contributed by atoms with Gasteiger partial charge in [-0.2, -0.15) is 0 Å². The normalized spacial score (nSPS) is 12.6. The number of hydrogen-bond donors (Lipinski definition) is 2. The SMILES string of the molecule is Cc1ccc(CNCC(O)c2ccccc2F)o1. The fourth-order valence-corrected chi connectivity index (χ4v) is 1.77. The van der Waals surface area contributed by atoms with E-state index >= 15 is 0 Å². The van der Waals surface area contributed by atoms with Gasteiger partial charge in [0.05, 0.1) is 12.6 Å². The van der Waals surface area contributed by atoms with Crippen molar-refractivity contribution >= 4 is 0 Å². The van der Waals surface area contributed by atoms with Gasteiger partial charge in [-0.1, -0.05) is 18.2 Å². The molecule has 3 nitrogen and oxygen atoms in total. The van der Waals surface area contributed by atoms with Crippen LogP contribution < -0.4 is 5.32 Å². The highest BCUT2D eigenvalue weighted by Crippen LogP contribution is 2.15. The second-order valence-corrected chi connectivity index (χ2v) is 4.18. The maximum atomic E-state index is 13.4. The second-order valence-electron chi connectivity index (χ2n) is 4.18. The number of aryl methyl sites for hydroxylation is 1. The van der Waals surface area contributed by atoms with Crippen molar-refractivity contribution in [3.8, 4) is 0 Å². The smallest absolute Gasteiger partial charge is 0.129 e. The van der Waals surface area contributed by atoms with E-state index in [2.05, 4.69) is 5.32 Å². The summed E-state index contributed by atoms with van der Waals surface area (Å²) in [6.07, 6.45) is -0.859. The standard InChI is InChI=1S/C14H16FNO2/c1-10-6-7-11(18-10)8-16-9-14(17)12-4-2-3-5-13(12)15/h2-7,14,16-17H,8-9H2,1H3. The summed E-state index contributed by atoms with van der Waals surface area (Å²) in [5, 5.41) is 12.9. The molecule has 0 fully saturated rings. The lowest BCUT2D eigenvalue weighted by Crippen LogP contribution is -2.21. The van der Waals surface area contributed by atoms with Gasteiger partial charge in [-0.05, 0) is 25.1 Å². The lowest BCUT2D eigenvalue weighted by molar-refractivity contribution is 0.169. The van der Waals surface area contributed by atoms with E-state index in [0.29, 0.717) is 12.1 Å². The van der Waals surface area contributed by atoms with E-state index in [1.165, 1.54) is 6.07 Å². The molecule has 0 aliphatic rings. The summed E-state index contributed by atoms with van der Waals surface area (Å²) in [4.78, 5) is 0. The van der Waals surface area contributed by atoms with Crippen molar-refractivity contribution < 1.29 is 13.9 Å². The van der Waals surface area contributed by atoms with Crippen LogP contribution >= 0.6 is 0 Å². The average molecular weight is 249 g/mol. The van der Waals surface area contributed by atoms with Gasteiger partial charge in [0.2, 0.25) is 0 Å². The van der Waals surface area contributed by atoms with Gasteiger partial charge in [-0.15, -0.1) is 0 Å². The Morgan fingerprint density at radius 3 is 2.72 bits per heavy atom. The Morgan fingerprint density at radius 2 is 2.06 bits per heavy atom. The second kappa shape index (κ2) is 5.80. The monoisotopic (exact) mass is 249 g/mol. The van der Waals surface area contributed by atoms with Gasteiger partial charge in [0.1, 0.15) is 17.3 Å². The molecule has 2 aromatic rings. The number of aliphatic hydroxyl groups excluding tert-OH is 1. The zero-order chi connectivity index (χ0) is 13.0. The Labute approximate surface area is 105 Å². The molecule has 0 bridgehead atoms. The van der Waals surface area contributed by atoms with Crippen LogP contribution in [0.1, 0.15) is 23.2 Å². The van der Waals surface area contributed by atoms with Gasteiger partial charge in [0.15, 0.2) is 0 Å². The minimum Gasteiger partial charge on any atom is -0.465 e. The Hall–Kier alpha value is -1.65. The Balaban J connectivity index is 1.85. The van der Waals surface area contributed by atoms with Crippen LogP contribution in [0.5, 0.6) is 0 Å². The first-order chi connectivity index (χ1) is 8.66. The minimum absolute atomic E-state index is 0.278. The summed E-state index contributed by atoms with van der Waals surface area (Å²) in [6, 6.07) is 9.98. The zero-order valence-electron chi connectivity index (χ0n) is 10.2. The molecule has 1 unspecified atom stereocenters. The molecule has 0 saturated carbocycles. The fourth-order valence-electron chi connectivity index (χ4n) is 1.77. The molecule has 4 heteroatoms. The van der Waals surface area contributed by atoms with E-state index in [0.717, 1.165) is 11.5 Å². The topological polar surface area (TPSA) is 45.4 Å². The summed E-state index contributed by atoms with van der Waals surface area (Å²) < 4.78 is 18.8. The number of aliphatic hydroxyl groups is 1. The fraction of sp³-hybridized carbons (Fsp3) is 0.286. The highest BCUT2D eigenvalue weighted by atomic mass is 19.1. The van der Waals surface area contributed by atoms with Gasteiger partial charge in [0, 0.05) is 12.1 Å². The molecule has 1 atom stereocenters. The van der Waals surface area contributed by atoms with Crippen molar-refractivity contribution in [1.29, 1.82) is 0 Å². The molecule has 2 N–H and O–H groups in total. The van der Waals surface area contributed by atoms with E-state index in [1.54, 1.807) is 18.2 Å². The molecule has 2 rings (SSSR count). The summed E-state index contributed by atoms with van der Waals surface area (Å²) in [5.74, 6) is 1.26. The third-order valence-corrected chi connectivity index (χ3v) is 2.70. The third kappa shape index (κ3) is 3.18. The van der Waals surface area contributed by atoms with Gasteiger partial charge in [0.25, 0.3) is 0 Å². The molecule has 0 spiro atoms. The molecule has 1 heterocycles. The Morgan fingerprint density at radius 1 is 1.28 bits per heavy atom. The number of hydrogen-bond acceptors (Lipinski definition) is 3.